The van der Waals surface area contributed by atoms with Crippen molar-refractivity contribution in [1.82, 2.24) is 14.3 Å². The lowest BCUT2D eigenvalue weighted by Gasteiger charge is -2.29. The molecule has 0 aliphatic carbocycles. The summed E-state index contributed by atoms with van der Waals surface area (Å²) >= 11 is 0. The molecule has 0 amide bonds. The van der Waals surface area contributed by atoms with Crippen LogP contribution >= 0.6 is 0 Å². The number of aromatic nitrogens is 2. The van der Waals surface area contributed by atoms with Crippen molar-refractivity contribution in [3.63, 3.8) is 0 Å². The van der Waals surface area contributed by atoms with Gasteiger partial charge in [0.25, 0.3) is 10.0 Å². The van der Waals surface area contributed by atoms with Crippen LogP contribution in [0.4, 0.5) is 0 Å². The van der Waals surface area contributed by atoms with E-state index in [0.717, 1.165) is 12.8 Å². The Morgan fingerprint density at radius 3 is 2.42 bits per heavy atom. The van der Waals surface area contributed by atoms with Crippen molar-refractivity contribution in [2.75, 3.05) is 13.1 Å². The molecule has 0 saturated heterocycles. The first-order chi connectivity index (χ1) is 8.93. The second-order valence-electron chi connectivity index (χ2n) is 4.78. The van der Waals surface area contributed by atoms with E-state index in [1.807, 2.05) is 20.8 Å². The number of hydrogen-bond acceptors (Lipinski definition) is 4. The normalized spacial score (nSPS) is 12.8. The predicted molar refractivity (Wildman–Crippen MR) is 75.2 cm³/mol. The largest absolute Gasteiger partial charge is 0.336 e. The Morgan fingerprint density at radius 2 is 2.00 bits per heavy atom. The van der Waals surface area contributed by atoms with Crippen LogP contribution in [0, 0.1) is 5.41 Å². The summed E-state index contributed by atoms with van der Waals surface area (Å²) in [7, 11) is -3.55. The standard InChI is InChI=1S/C12H24N4O2S/c1-4-12(5-2,8-13)9-15-19(17,18)11-7-16(6-3)10-14-11/h7,10,15H,4-6,8-9,13H2,1-3H3. The molecule has 0 unspecified atom stereocenters. The first-order valence-electron chi connectivity index (χ1n) is 6.64. The highest BCUT2D eigenvalue weighted by atomic mass is 32.2. The highest BCUT2D eigenvalue weighted by Gasteiger charge is 2.27. The summed E-state index contributed by atoms with van der Waals surface area (Å²) in [5.41, 5.74) is 5.59. The maximum Gasteiger partial charge on any atom is 0.259 e. The zero-order valence-electron chi connectivity index (χ0n) is 11.9. The van der Waals surface area contributed by atoms with Gasteiger partial charge in [0.15, 0.2) is 5.03 Å². The number of nitrogens with one attached hydrogen (secondary N) is 1. The Labute approximate surface area is 115 Å². The zero-order valence-corrected chi connectivity index (χ0v) is 12.7. The van der Waals surface area contributed by atoms with Crippen LogP contribution in [0.3, 0.4) is 0 Å². The number of imidazole rings is 1. The Hall–Kier alpha value is -0.920. The van der Waals surface area contributed by atoms with E-state index in [9.17, 15) is 8.42 Å². The molecule has 19 heavy (non-hydrogen) atoms. The predicted octanol–water partition coefficient (Wildman–Crippen LogP) is 0.946. The minimum Gasteiger partial charge on any atom is -0.336 e. The topological polar surface area (TPSA) is 90.0 Å². The van der Waals surface area contributed by atoms with E-state index >= 15 is 0 Å². The van der Waals surface area contributed by atoms with E-state index in [1.165, 1.54) is 12.5 Å². The van der Waals surface area contributed by atoms with Crippen LogP contribution in [-0.2, 0) is 16.6 Å². The second kappa shape index (κ2) is 6.49. The monoisotopic (exact) mass is 288 g/mol. The molecular formula is C12H24N4O2S. The van der Waals surface area contributed by atoms with Crippen LogP contribution in [0.5, 0.6) is 0 Å². The second-order valence-corrected chi connectivity index (χ2v) is 6.49. The van der Waals surface area contributed by atoms with Gasteiger partial charge < -0.3 is 10.3 Å². The molecule has 0 atom stereocenters. The van der Waals surface area contributed by atoms with Gasteiger partial charge in [-0.05, 0) is 31.7 Å². The summed E-state index contributed by atoms with van der Waals surface area (Å²) in [5.74, 6) is 0. The highest BCUT2D eigenvalue weighted by Crippen LogP contribution is 2.24. The molecule has 6 nitrogen and oxygen atoms in total. The third-order valence-corrected chi connectivity index (χ3v) is 5.11. The quantitative estimate of drug-likeness (QED) is 0.745. The summed E-state index contributed by atoms with van der Waals surface area (Å²) in [4.78, 5) is 3.92. The third kappa shape index (κ3) is 3.77. The van der Waals surface area contributed by atoms with Crippen LogP contribution in [0.25, 0.3) is 0 Å². The fraction of sp³-hybridized carbons (Fsp3) is 0.750. The molecule has 1 heterocycles. The van der Waals surface area contributed by atoms with E-state index in [2.05, 4.69) is 9.71 Å². The van der Waals surface area contributed by atoms with E-state index in [-0.39, 0.29) is 10.4 Å². The molecule has 0 aliphatic heterocycles. The number of nitrogens with two attached hydrogens (primary N) is 1. The lowest BCUT2D eigenvalue weighted by Crippen LogP contribution is -2.41. The molecular weight excluding hydrogens is 264 g/mol. The van der Waals surface area contributed by atoms with Gasteiger partial charge in [0.05, 0.1) is 6.33 Å². The molecule has 0 saturated carbocycles. The summed E-state index contributed by atoms with van der Waals surface area (Å²) in [6.45, 7) is 7.48. The van der Waals surface area contributed by atoms with Gasteiger partial charge in [-0.25, -0.2) is 18.1 Å². The minimum absolute atomic E-state index is 0.0625. The van der Waals surface area contributed by atoms with Crippen molar-refractivity contribution in [2.45, 2.75) is 45.2 Å². The van der Waals surface area contributed by atoms with Crippen LogP contribution in [0.15, 0.2) is 17.6 Å². The Morgan fingerprint density at radius 1 is 1.37 bits per heavy atom. The zero-order chi connectivity index (χ0) is 14.5. The molecule has 0 fully saturated rings. The first-order valence-corrected chi connectivity index (χ1v) is 8.13. The molecule has 3 N–H and O–H groups in total. The lowest BCUT2D eigenvalue weighted by molar-refractivity contribution is 0.275. The van der Waals surface area contributed by atoms with E-state index in [4.69, 9.17) is 5.73 Å². The van der Waals surface area contributed by atoms with Crippen molar-refractivity contribution in [2.24, 2.45) is 11.1 Å². The smallest absolute Gasteiger partial charge is 0.259 e. The van der Waals surface area contributed by atoms with E-state index in [0.29, 0.717) is 19.6 Å². The van der Waals surface area contributed by atoms with Crippen molar-refractivity contribution in [3.05, 3.63) is 12.5 Å². The molecule has 0 radical (unpaired) electrons. The van der Waals surface area contributed by atoms with Gasteiger partial charge in [0, 0.05) is 19.3 Å². The first kappa shape index (κ1) is 16.1. The van der Waals surface area contributed by atoms with Crippen LogP contribution in [0.2, 0.25) is 0 Å². The molecule has 1 aromatic rings. The number of sulfonamides is 1. The summed E-state index contributed by atoms with van der Waals surface area (Å²) in [6, 6.07) is 0. The summed E-state index contributed by atoms with van der Waals surface area (Å²) in [6.07, 6.45) is 4.73. The third-order valence-electron chi connectivity index (χ3n) is 3.82. The van der Waals surface area contributed by atoms with Crippen molar-refractivity contribution >= 4 is 10.0 Å². The van der Waals surface area contributed by atoms with Gasteiger partial charge in [-0.1, -0.05) is 13.8 Å². The average Bonchev–Trinajstić information content (AvgIpc) is 2.90. The Kier molecular flexibility index (Phi) is 5.51. The van der Waals surface area contributed by atoms with Gasteiger partial charge >= 0.3 is 0 Å². The van der Waals surface area contributed by atoms with Crippen LogP contribution < -0.4 is 10.5 Å². The van der Waals surface area contributed by atoms with Crippen LogP contribution in [-0.4, -0.2) is 31.1 Å². The van der Waals surface area contributed by atoms with Gasteiger partial charge in [-0.3, -0.25) is 0 Å². The SMILES string of the molecule is CCn1cnc(S(=O)(=O)NCC(CC)(CC)CN)c1. The van der Waals surface area contributed by atoms with Crippen molar-refractivity contribution < 1.29 is 8.42 Å². The number of hydrogen-bond donors (Lipinski definition) is 2. The maximum absolute atomic E-state index is 12.1. The number of nitrogens with zero attached hydrogens (tertiary/aromatic N) is 2. The number of aryl methyl sites for hydroxylation is 1. The molecule has 7 heteroatoms. The van der Waals surface area contributed by atoms with Gasteiger partial charge in [0.2, 0.25) is 0 Å². The fourth-order valence-corrected chi connectivity index (χ4v) is 2.94. The molecule has 0 bridgehead atoms. The van der Waals surface area contributed by atoms with Gasteiger partial charge in [0.1, 0.15) is 0 Å². The molecule has 0 aromatic carbocycles. The Balaban J connectivity index is 2.80. The maximum atomic E-state index is 12.1. The van der Waals surface area contributed by atoms with Gasteiger partial charge in [-0.15, -0.1) is 0 Å². The van der Waals surface area contributed by atoms with E-state index < -0.39 is 10.0 Å². The molecule has 1 aromatic heterocycles. The van der Waals surface area contributed by atoms with Crippen molar-refractivity contribution in [1.29, 1.82) is 0 Å². The molecule has 110 valence electrons. The van der Waals surface area contributed by atoms with Crippen LogP contribution in [0.1, 0.15) is 33.6 Å². The highest BCUT2D eigenvalue weighted by molar-refractivity contribution is 7.89. The Bertz CT molecular complexity index is 483. The fourth-order valence-electron chi connectivity index (χ4n) is 1.83. The van der Waals surface area contributed by atoms with Crippen molar-refractivity contribution in [3.8, 4) is 0 Å². The summed E-state index contributed by atoms with van der Waals surface area (Å²) in [5, 5.41) is 0.0625. The molecule has 0 spiro atoms. The molecule has 1 rings (SSSR count). The molecule has 0 aliphatic rings. The van der Waals surface area contributed by atoms with Gasteiger partial charge in [-0.2, -0.15) is 0 Å². The average molecular weight is 288 g/mol. The minimum atomic E-state index is -3.55. The lowest BCUT2D eigenvalue weighted by atomic mass is 9.83. The van der Waals surface area contributed by atoms with E-state index in [1.54, 1.807) is 4.57 Å². The number of rotatable bonds is 8. The summed E-state index contributed by atoms with van der Waals surface area (Å²) < 4.78 is 28.6.